The van der Waals surface area contributed by atoms with Crippen molar-refractivity contribution in [2.45, 2.75) is 20.3 Å². The van der Waals surface area contributed by atoms with E-state index in [2.05, 4.69) is 13.8 Å². The van der Waals surface area contributed by atoms with Crippen molar-refractivity contribution in [3.63, 3.8) is 0 Å². The van der Waals surface area contributed by atoms with Crippen LogP contribution >= 0.6 is 0 Å². The van der Waals surface area contributed by atoms with E-state index in [9.17, 15) is 9.18 Å². The first-order valence-corrected chi connectivity index (χ1v) is 6.34. The van der Waals surface area contributed by atoms with Gasteiger partial charge in [0, 0.05) is 13.1 Å². The van der Waals surface area contributed by atoms with Gasteiger partial charge >= 0.3 is 0 Å². The predicted octanol–water partition coefficient (Wildman–Crippen LogP) is 2.53. The Kier molecular flexibility index (Phi) is 3.55. The van der Waals surface area contributed by atoms with Crippen LogP contribution in [0.15, 0.2) is 18.2 Å². The number of nitrogens with two attached hydrogens (primary N) is 1. The molecule has 0 saturated carbocycles. The van der Waals surface area contributed by atoms with Crippen LogP contribution in [-0.2, 0) is 0 Å². The normalized spacial score (nSPS) is 24.1. The molecule has 2 rings (SSSR count). The Labute approximate surface area is 107 Å². The Balaban J connectivity index is 2.19. The Morgan fingerprint density at radius 3 is 2.78 bits per heavy atom. The summed E-state index contributed by atoms with van der Waals surface area (Å²) in [6.07, 6.45) is 0.988. The number of hydrogen-bond acceptors (Lipinski definition) is 2. The number of para-hydroxylation sites is 1. The average Bonchev–Trinajstić information content (AvgIpc) is 2.35. The fourth-order valence-corrected chi connectivity index (χ4v) is 2.34. The number of nitrogen functional groups attached to an aromatic ring is 1. The van der Waals surface area contributed by atoms with Gasteiger partial charge in [0.2, 0.25) is 0 Å². The summed E-state index contributed by atoms with van der Waals surface area (Å²) in [5.74, 6) is 0.404. The first-order valence-electron chi connectivity index (χ1n) is 6.34. The van der Waals surface area contributed by atoms with Crippen molar-refractivity contribution in [2.75, 3.05) is 18.8 Å². The molecule has 1 heterocycles. The molecule has 1 aliphatic rings. The lowest BCUT2D eigenvalue weighted by atomic mass is 9.88. The number of piperidine rings is 1. The summed E-state index contributed by atoms with van der Waals surface area (Å²) in [6.45, 7) is 5.78. The molecular formula is C14H19FN2O. The van der Waals surface area contributed by atoms with E-state index in [0.29, 0.717) is 11.8 Å². The molecule has 0 bridgehead atoms. The monoisotopic (exact) mass is 250 g/mol. The number of nitrogens with zero attached hydrogens (tertiary/aromatic N) is 1. The van der Waals surface area contributed by atoms with Gasteiger partial charge < -0.3 is 10.6 Å². The summed E-state index contributed by atoms with van der Waals surface area (Å²) in [5.41, 5.74) is 5.86. The number of carbonyl (C=O) groups is 1. The zero-order valence-corrected chi connectivity index (χ0v) is 10.8. The summed E-state index contributed by atoms with van der Waals surface area (Å²) in [5, 5.41) is 0. The zero-order chi connectivity index (χ0) is 13.3. The Morgan fingerprint density at radius 2 is 2.11 bits per heavy atom. The molecule has 0 radical (unpaired) electrons. The van der Waals surface area contributed by atoms with E-state index < -0.39 is 5.82 Å². The van der Waals surface area contributed by atoms with Crippen molar-refractivity contribution >= 4 is 11.6 Å². The predicted molar refractivity (Wildman–Crippen MR) is 69.7 cm³/mol. The number of rotatable bonds is 1. The number of likely N-dealkylation sites (tertiary alicyclic amines) is 1. The molecule has 1 aromatic carbocycles. The van der Waals surface area contributed by atoms with E-state index in [-0.39, 0.29) is 17.2 Å². The lowest BCUT2D eigenvalue weighted by Gasteiger charge is -2.35. The summed E-state index contributed by atoms with van der Waals surface area (Å²) < 4.78 is 13.3. The number of anilines is 1. The van der Waals surface area contributed by atoms with Crippen molar-refractivity contribution in [1.82, 2.24) is 4.90 Å². The summed E-state index contributed by atoms with van der Waals surface area (Å²) in [7, 11) is 0. The van der Waals surface area contributed by atoms with Crippen molar-refractivity contribution in [3.05, 3.63) is 29.6 Å². The van der Waals surface area contributed by atoms with Crippen LogP contribution in [0.3, 0.4) is 0 Å². The molecule has 0 spiro atoms. The Bertz CT molecular complexity index is 461. The third kappa shape index (κ3) is 2.33. The lowest BCUT2D eigenvalue weighted by molar-refractivity contribution is 0.0628. The van der Waals surface area contributed by atoms with Crippen LogP contribution in [0.1, 0.15) is 30.6 Å². The largest absolute Gasteiger partial charge is 0.396 e. The van der Waals surface area contributed by atoms with Gasteiger partial charge in [-0.15, -0.1) is 0 Å². The van der Waals surface area contributed by atoms with E-state index >= 15 is 0 Å². The highest BCUT2D eigenvalue weighted by Gasteiger charge is 2.27. The average molecular weight is 250 g/mol. The molecule has 2 atom stereocenters. The van der Waals surface area contributed by atoms with Crippen LogP contribution in [0.25, 0.3) is 0 Å². The van der Waals surface area contributed by atoms with Crippen molar-refractivity contribution in [2.24, 2.45) is 11.8 Å². The standard InChI is InChI=1S/C14H19FN2O/c1-9-6-7-17(8-10(9)2)14(18)11-4-3-5-12(15)13(11)16/h3-5,9-10H,6-8,16H2,1-2H3. The molecule has 98 valence electrons. The molecule has 2 unspecified atom stereocenters. The maximum absolute atomic E-state index is 13.3. The van der Waals surface area contributed by atoms with Crippen LogP contribution < -0.4 is 5.73 Å². The SMILES string of the molecule is CC1CCN(C(=O)c2cccc(F)c2N)CC1C. The number of carbonyl (C=O) groups excluding carboxylic acids is 1. The molecular weight excluding hydrogens is 231 g/mol. The highest BCUT2D eigenvalue weighted by Crippen LogP contribution is 2.25. The first kappa shape index (κ1) is 12.9. The lowest BCUT2D eigenvalue weighted by Crippen LogP contribution is -2.42. The van der Waals surface area contributed by atoms with Crippen LogP contribution in [0.5, 0.6) is 0 Å². The molecule has 18 heavy (non-hydrogen) atoms. The summed E-state index contributed by atoms with van der Waals surface area (Å²) >= 11 is 0. The summed E-state index contributed by atoms with van der Waals surface area (Å²) in [6, 6.07) is 4.38. The maximum atomic E-state index is 13.3. The fourth-order valence-electron chi connectivity index (χ4n) is 2.34. The molecule has 0 aromatic heterocycles. The van der Waals surface area contributed by atoms with Crippen molar-refractivity contribution in [3.8, 4) is 0 Å². The van der Waals surface area contributed by atoms with Gasteiger partial charge in [0.15, 0.2) is 0 Å². The molecule has 1 aliphatic heterocycles. The number of hydrogen-bond donors (Lipinski definition) is 1. The van der Waals surface area contributed by atoms with Gasteiger partial charge in [-0.2, -0.15) is 0 Å². The third-order valence-corrected chi connectivity index (χ3v) is 3.90. The first-order chi connectivity index (χ1) is 8.50. The molecule has 3 nitrogen and oxygen atoms in total. The second kappa shape index (κ2) is 4.96. The minimum atomic E-state index is -0.528. The number of halogens is 1. The zero-order valence-electron chi connectivity index (χ0n) is 10.8. The van der Waals surface area contributed by atoms with Crippen LogP contribution in [0.2, 0.25) is 0 Å². The molecule has 0 aliphatic carbocycles. The molecule has 2 N–H and O–H groups in total. The van der Waals surface area contributed by atoms with Crippen molar-refractivity contribution < 1.29 is 9.18 Å². The minimum absolute atomic E-state index is 0.0474. The van der Waals surface area contributed by atoms with E-state index in [1.54, 1.807) is 11.0 Å². The fraction of sp³-hybridized carbons (Fsp3) is 0.500. The van der Waals surface area contributed by atoms with Gasteiger partial charge in [0.1, 0.15) is 5.82 Å². The second-order valence-corrected chi connectivity index (χ2v) is 5.20. The van der Waals surface area contributed by atoms with Crippen molar-refractivity contribution in [1.29, 1.82) is 0 Å². The smallest absolute Gasteiger partial charge is 0.256 e. The maximum Gasteiger partial charge on any atom is 0.256 e. The number of benzene rings is 1. The van der Waals surface area contributed by atoms with E-state index in [0.717, 1.165) is 19.5 Å². The van der Waals surface area contributed by atoms with Crippen LogP contribution in [-0.4, -0.2) is 23.9 Å². The van der Waals surface area contributed by atoms with Crippen LogP contribution in [0, 0.1) is 17.7 Å². The Hall–Kier alpha value is -1.58. The second-order valence-electron chi connectivity index (χ2n) is 5.20. The van der Waals surface area contributed by atoms with E-state index in [4.69, 9.17) is 5.73 Å². The highest BCUT2D eigenvalue weighted by atomic mass is 19.1. The summed E-state index contributed by atoms with van der Waals surface area (Å²) in [4.78, 5) is 14.1. The van der Waals surface area contributed by atoms with E-state index in [1.807, 2.05) is 0 Å². The van der Waals surface area contributed by atoms with E-state index in [1.165, 1.54) is 12.1 Å². The molecule has 4 heteroatoms. The van der Waals surface area contributed by atoms with Crippen LogP contribution in [0.4, 0.5) is 10.1 Å². The van der Waals surface area contributed by atoms with Gasteiger partial charge in [-0.05, 0) is 30.4 Å². The van der Waals surface area contributed by atoms with Gasteiger partial charge in [-0.3, -0.25) is 4.79 Å². The van der Waals surface area contributed by atoms with Gasteiger partial charge in [-0.25, -0.2) is 4.39 Å². The number of amides is 1. The third-order valence-electron chi connectivity index (χ3n) is 3.90. The molecule has 1 aromatic rings. The molecule has 1 amide bonds. The highest BCUT2D eigenvalue weighted by molar-refractivity contribution is 5.99. The molecule has 1 fully saturated rings. The van der Waals surface area contributed by atoms with Gasteiger partial charge in [-0.1, -0.05) is 19.9 Å². The van der Waals surface area contributed by atoms with Gasteiger partial charge in [0.25, 0.3) is 5.91 Å². The minimum Gasteiger partial charge on any atom is -0.396 e. The van der Waals surface area contributed by atoms with Gasteiger partial charge in [0.05, 0.1) is 11.3 Å². The topological polar surface area (TPSA) is 46.3 Å². The quantitative estimate of drug-likeness (QED) is 0.778. The Morgan fingerprint density at radius 1 is 1.39 bits per heavy atom. The molecule has 1 saturated heterocycles.